The molecule has 154 valence electrons. The molecule has 0 unspecified atom stereocenters. The van der Waals surface area contributed by atoms with Crippen LogP contribution in [0.3, 0.4) is 0 Å². The topological polar surface area (TPSA) is 98.8 Å². The van der Waals surface area contributed by atoms with Crippen molar-refractivity contribution in [3.63, 3.8) is 0 Å². The minimum Gasteiger partial charge on any atom is -0.497 e. The van der Waals surface area contributed by atoms with Crippen LogP contribution >= 0.6 is 0 Å². The second kappa shape index (κ2) is 9.04. The number of hydrogen-bond donors (Lipinski definition) is 1. The summed E-state index contributed by atoms with van der Waals surface area (Å²) in [6, 6.07) is 15.1. The molecule has 0 amide bonds. The zero-order valence-electron chi connectivity index (χ0n) is 16.2. The second-order valence-electron chi connectivity index (χ2n) is 6.63. The van der Waals surface area contributed by atoms with Gasteiger partial charge in [-0.2, -0.15) is 8.42 Å². The molecular formula is C19H25NO6S2. The summed E-state index contributed by atoms with van der Waals surface area (Å²) < 4.78 is 60.8. The monoisotopic (exact) mass is 427 g/mol. The molecule has 2 rings (SSSR count). The average molecular weight is 428 g/mol. The number of methoxy groups -OCH3 is 1. The van der Waals surface area contributed by atoms with Crippen molar-refractivity contribution in [3.05, 3.63) is 65.7 Å². The quantitative estimate of drug-likeness (QED) is 0.618. The summed E-state index contributed by atoms with van der Waals surface area (Å²) in [5.74, 6) is 0.0728. The first-order valence-corrected chi connectivity index (χ1v) is 12.3. The summed E-state index contributed by atoms with van der Waals surface area (Å²) in [5.41, 5.74) is 1.30. The Balaban J connectivity index is 2.50. The van der Waals surface area contributed by atoms with E-state index in [1.807, 2.05) is 6.07 Å². The maximum absolute atomic E-state index is 12.0. The molecule has 0 saturated heterocycles. The molecule has 28 heavy (non-hydrogen) atoms. The van der Waals surface area contributed by atoms with E-state index in [9.17, 15) is 16.8 Å². The van der Waals surface area contributed by atoms with Gasteiger partial charge in [0.2, 0.25) is 10.0 Å². The van der Waals surface area contributed by atoms with Crippen LogP contribution in [0.1, 0.15) is 30.2 Å². The van der Waals surface area contributed by atoms with Crippen molar-refractivity contribution < 1.29 is 25.8 Å². The van der Waals surface area contributed by atoms with Gasteiger partial charge in [-0.15, -0.1) is 0 Å². The molecular weight excluding hydrogens is 402 g/mol. The van der Waals surface area contributed by atoms with Crippen molar-refractivity contribution in [2.24, 2.45) is 5.92 Å². The standard InChI is InChI=1S/C19H25NO6S2/c1-14(18(20-27(3,21)22)15-8-6-5-7-9-15)19(26-28(4,23)24)16-10-12-17(25-2)13-11-16/h5-14,18-20H,1-4H3/t14-,18+,19+/m1/s1. The third-order valence-corrected chi connectivity index (χ3v) is 5.46. The van der Waals surface area contributed by atoms with Crippen molar-refractivity contribution in [1.29, 1.82) is 0 Å². The highest BCUT2D eigenvalue weighted by Gasteiger charge is 2.33. The summed E-state index contributed by atoms with van der Waals surface area (Å²) in [5, 5.41) is 0. The van der Waals surface area contributed by atoms with E-state index in [2.05, 4.69) is 4.72 Å². The molecule has 0 radical (unpaired) electrons. The highest BCUT2D eigenvalue weighted by atomic mass is 32.2. The number of benzene rings is 2. The van der Waals surface area contributed by atoms with E-state index in [-0.39, 0.29) is 0 Å². The van der Waals surface area contributed by atoms with E-state index >= 15 is 0 Å². The molecule has 1 N–H and O–H groups in total. The number of ether oxygens (including phenoxy) is 1. The van der Waals surface area contributed by atoms with Gasteiger partial charge in [-0.1, -0.05) is 49.4 Å². The van der Waals surface area contributed by atoms with Crippen LogP contribution in [0.4, 0.5) is 0 Å². The van der Waals surface area contributed by atoms with E-state index in [1.54, 1.807) is 55.5 Å². The maximum atomic E-state index is 12.0. The van der Waals surface area contributed by atoms with Gasteiger partial charge in [0.15, 0.2) is 0 Å². The summed E-state index contributed by atoms with van der Waals surface area (Å²) in [6.45, 7) is 1.75. The van der Waals surface area contributed by atoms with Crippen LogP contribution in [0.15, 0.2) is 54.6 Å². The van der Waals surface area contributed by atoms with Gasteiger partial charge in [0.05, 0.1) is 25.7 Å². The molecule has 9 heteroatoms. The predicted octanol–water partition coefficient (Wildman–Crippen LogP) is 2.64. The lowest BCUT2D eigenvalue weighted by molar-refractivity contribution is 0.132. The number of nitrogens with one attached hydrogen (secondary N) is 1. The SMILES string of the molecule is COc1ccc([C@@H](OS(C)(=O)=O)[C@H](C)[C@H](NS(C)(=O)=O)c2ccccc2)cc1. The maximum Gasteiger partial charge on any atom is 0.264 e. The molecule has 0 bridgehead atoms. The van der Waals surface area contributed by atoms with Crippen LogP contribution in [0.25, 0.3) is 0 Å². The minimum atomic E-state index is -3.80. The van der Waals surface area contributed by atoms with Crippen LogP contribution in [0.5, 0.6) is 5.75 Å². The van der Waals surface area contributed by atoms with Gasteiger partial charge in [-0.05, 0) is 23.3 Å². The van der Waals surface area contributed by atoms with Crippen LogP contribution < -0.4 is 9.46 Å². The number of hydrogen-bond acceptors (Lipinski definition) is 6. The molecule has 2 aromatic rings. The lowest BCUT2D eigenvalue weighted by atomic mass is 9.87. The van der Waals surface area contributed by atoms with Gasteiger partial charge in [-0.3, -0.25) is 4.18 Å². The molecule has 0 aliphatic rings. The highest BCUT2D eigenvalue weighted by Crippen LogP contribution is 2.37. The Morgan fingerprint density at radius 1 is 0.857 bits per heavy atom. The van der Waals surface area contributed by atoms with Gasteiger partial charge >= 0.3 is 0 Å². The molecule has 0 heterocycles. The van der Waals surface area contributed by atoms with Gasteiger partial charge in [-0.25, -0.2) is 13.1 Å². The van der Waals surface area contributed by atoms with Crippen LogP contribution in [-0.4, -0.2) is 36.5 Å². The first-order valence-electron chi connectivity index (χ1n) is 8.54. The molecule has 0 aliphatic carbocycles. The van der Waals surface area contributed by atoms with Crippen LogP contribution in [0, 0.1) is 5.92 Å². The van der Waals surface area contributed by atoms with Crippen LogP contribution in [-0.2, 0) is 24.3 Å². The second-order valence-corrected chi connectivity index (χ2v) is 10.0. The minimum absolute atomic E-state index is 0.541. The molecule has 0 aliphatic heterocycles. The zero-order valence-corrected chi connectivity index (χ0v) is 17.8. The summed E-state index contributed by atoms with van der Waals surface area (Å²) in [4.78, 5) is 0. The first-order chi connectivity index (χ1) is 13.0. The zero-order chi connectivity index (χ0) is 20.9. The average Bonchev–Trinajstić information content (AvgIpc) is 2.63. The van der Waals surface area contributed by atoms with Gasteiger partial charge in [0, 0.05) is 5.92 Å². The smallest absolute Gasteiger partial charge is 0.264 e. The van der Waals surface area contributed by atoms with Crippen molar-refractivity contribution in [2.75, 3.05) is 19.6 Å². The fourth-order valence-corrected chi connectivity index (χ4v) is 4.45. The highest BCUT2D eigenvalue weighted by molar-refractivity contribution is 7.88. The Bertz CT molecular complexity index is 973. The van der Waals surface area contributed by atoms with Gasteiger partial charge in [0.25, 0.3) is 10.1 Å². The number of rotatable bonds is 9. The Kier molecular flexibility index (Phi) is 7.22. The fourth-order valence-electron chi connectivity index (χ4n) is 2.97. The lowest BCUT2D eigenvalue weighted by Gasteiger charge is -2.31. The normalized spacial score (nSPS) is 15.6. The summed E-state index contributed by atoms with van der Waals surface area (Å²) in [7, 11) is -5.83. The molecule has 2 aromatic carbocycles. The fraction of sp³-hybridized carbons (Fsp3) is 0.368. The van der Waals surface area contributed by atoms with Crippen molar-refractivity contribution >= 4 is 20.1 Å². The Morgan fingerprint density at radius 3 is 1.89 bits per heavy atom. The molecule has 0 saturated carbocycles. The summed E-state index contributed by atoms with van der Waals surface area (Å²) >= 11 is 0. The number of sulfonamides is 1. The third-order valence-electron chi connectivity index (χ3n) is 4.23. The van der Waals surface area contributed by atoms with Gasteiger partial charge < -0.3 is 4.74 Å². The van der Waals surface area contributed by atoms with Gasteiger partial charge in [0.1, 0.15) is 11.9 Å². The molecule has 0 aromatic heterocycles. The molecule has 7 nitrogen and oxygen atoms in total. The van der Waals surface area contributed by atoms with E-state index in [4.69, 9.17) is 8.92 Å². The van der Waals surface area contributed by atoms with Crippen LogP contribution in [0.2, 0.25) is 0 Å². The lowest BCUT2D eigenvalue weighted by Crippen LogP contribution is -2.35. The summed E-state index contributed by atoms with van der Waals surface area (Å²) in [6.07, 6.45) is 1.13. The first kappa shape index (κ1) is 22.4. The van der Waals surface area contributed by atoms with Crippen molar-refractivity contribution in [3.8, 4) is 5.75 Å². The van der Waals surface area contributed by atoms with Crippen molar-refractivity contribution in [1.82, 2.24) is 4.72 Å². The molecule has 0 fully saturated rings. The van der Waals surface area contributed by atoms with E-state index in [0.717, 1.165) is 12.5 Å². The Hall–Kier alpha value is -1.94. The Morgan fingerprint density at radius 2 is 1.43 bits per heavy atom. The molecule has 3 atom stereocenters. The van der Waals surface area contributed by atoms with E-state index < -0.39 is 38.2 Å². The predicted molar refractivity (Wildman–Crippen MR) is 108 cm³/mol. The van der Waals surface area contributed by atoms with Crippen molar-refractivity contribution in [2.45, 2.75) is 19.1 Å². The third kappa shape index (κ3) is 6.59. The Labute approximate surface area is 166 Å². The molecule has 0 spiro atoms. The van der Waals surface area contributed by atoms with E-state index in [0.29, 0.717) is 16.9 Å². The largest absolute Gasteiger partial charge is 0.497 e. The van der Waals surface area contributed by atoms with E-state index in [1.165, 1.54) is 7.11 Å².